The van der Waals surface area contributed by atoms with E-state index in [2.05, 4.69) is 33.9 Å². The maximum atomic E-state index is 12.1. The third-order valence-electron chi connectivity index (χ3n) is 4.75. The first kappa shape index (κ1) is 21.4. The highest BCUT2D eigenvalue weighted by atomic mass is 35.5. The van der Waals surface area contributed by atoms with Gasteiger partial charge in [-0.15, -0.1) is 0 Å². The van der Waals surface area contributed by atoms with Crippen molar-refractivity contribution < 1.29 is 9.53 Å². The van der Waals surface area contributed by atoms with E-state index in [-0.39, 0.29) is 12.5 Å². The number of amides is 1. The Hall–Kier alpha value is -2.31. The highest BCUT2D eigenvalue weighted by molar-refractivity contribution is 6.30. The van der Waals surface area contributed by atoms with Crippen LogP contribution in [0.2, 0.25) is 5.02 Å². The number of halogens is 1. The van der Waals surface area contributed by atoms with Crippen molar-refractivity contribution in [3.63, 3.8) is 0 Å². The smallest absolute Gasteiger partial charge is 0.262 e. The molecule has 156 valence electrons. The normalized spacial score (nSPS) is 15.2. The maximum absolute atomic E-state index is 12.1. The van der Waals surface area contributed by atoms with Gasteiger partial charge in [0.05, 0.1) is 11.9 Å². The molecule has 2 aromatic rings. The highest BCUT2D eigenvalue weighted by Gasteiger charge is 2.16. The standard InChI is InChI=1S/C22H29ClN4O2/c1-17(2)15-26-10-3-11-27(13-12-26)21-9-6-19(14-24-21)25-22(28)16-29-20-7-4-18(23)5-8-20/h4-9,14,17H,3,10-13,15-16H2,1-2H3,(H,25,28). The number of carbonyl (C=O) groups excluding carboxylic acids is 1. The monoisotopic (exact) mass is 416 g/mol. The number of hydrogen-bond donors (Lipinski definition) is 1. The molecule has 0 atom stereocenters. The van der Waals surface area contributed by atoms with E-state index in [0.29, 0.717) is 22.4 Å². The molecule has 0 spiro atoms. The van der Waals surface area contributed by atoms with E-state index in [1.165, 1.54) is 0 Å². The topological polar surface area (TPSA) is 57.7 Å². The summed E-state index contributed by atoms with van der Waals surface area (Å²) in [7, 11) is 0. The van der Waals surface area contributed by atoms with E-state index in [1.54, 1.807) is 30.5 Å². The number of anilines is 2. The van der Waals surface area contributed by atoms with Crippen LogP contribution in [-0.2, 0) is 4.79 Å². The van der Waals surface area contributed by atoms with E-state index in [4.69, 9.17) is 16.3 Å². The molecule has 1 fully saturated rings. The van der Waals surface area contributed by atoms with Gasteiger partial charge in [0.15, 0.2) is 6.61 Å². The zero-order chi connectivity index (χ0) is 20.6. The number of nitrogens with zero attached hydrogens (tertiary/aromatic N) is 3. The molecule has 0 radical (unpaired) electrons. The number of rotatable bonds is 7. The fourth-order valence-electron chi connectivity index (χ4n) is 3.42. The van der Waals surface area contributed by atoms with Gasteiger partial charge in [0.1, 0.15) is 11.6 Å². The van der Waals surface area contributed by atoms with Gasteiger partial charge in [-0.1, -0.05) is 25.4 Å². The number of pyridine rings is 1. The van der Waals surface area contributed by atoms with Crippen molar-refractivity contribution in [1.29, 1.82) is 0 Å². The number of ether oxygens (including phenoxy) is 1. The van der Waals surface area contributed by atoms with Crippen LogP contribution in [0.4, 0.5) is 11.5 Å². The first-order chi connectivity index (χ1) is 14.0. The zero-order valence-electron chi connectivity index (χ0n) is 17.1. The van der Waals surface area contributed by atoms with E-state index >= 15 is 0 Å². The minimum atomic E-state index is -0.228. The summed E-state index contributed by atoms with van der Waals surface area (Å²) in [4.78, 5) is 21.5. The minimum Gasteiger partial charge on any atom is -0.484 e. The molecule has 1 aliphatic heterocycles. The van der Waals surface area contributed by atoms with Gasteiger partial charge >= 0.3 is 0 Å². The molecule has 7 heteroatoms. The molecule has 1 amide bonds. The van der Waals surface area contributed by atoms with Crippen LogP contribution in [0.1, 0.15) is 20.3 Å². The minimum absolute atomic E-state index is 0.0683. The molecule has 1 aromatic heterocycles. The summed E-state index contributed by atoms with van der Waals surface area (Å²) < 4.78 is 5.46. The molecule has 1 saturated heterocycles. The average molecular weight is 417 g/mol. The fraction of sp³-hybridized carbons (Fsp3) is 0.455. The molecule has 1 aliphatic rings. The van der Waals surface area contributed by atoms with Crippen molar-refractivity contribution in [2.75, 3.05) is 49.5 Å². The fourth-order valence-corrected chi connectivity index (χ4v) is 3.55. The van der Waals surface area contributed by atoms with Gasteiger partial charge in [0.25, 0.3) is 5.91 Å². The lowest BCUT2D eigenvalue weighted by Gasteiger charge is -2.23. The maximum Gasteiger partial charge on any atom is 0.262 e. The van der Waals surface area contributed by atoms with Gasteiger partial charge in [0, 0.05) is 31.2 Å². The Kier molecular flexibility index (Phi) is 7.72. The second-order valence-electron chi connectivity index (χ2n) is 7.73. The van der Waals surface area contributed by atoms with Gasteiger partial charge in [-0.3, -0.25) is 4.79 Å². The molecule has 29 heavy (non-hydrogen) atoms. The van der Waals surface area contributed by atoms with Crippen LogP contribution in [0.15, 0.2) is 42.6 Å². The van der Waals surface area contributed by atoms with Crippen molar-refractivity contribution >= 4 is 29.0 Å². The van der Waals surface area contributed by atoms with Crippen molar-refractivity contribution in [3.8, 4) is 5.75 Å². The lowest BCUT2D eigenvalue weighted by Crippen LogP contribution is -2.33. The van der Waals surface area contributed by atoms with Crippen molar-refractivity contribution in [1.82, 2.24) is 9.88 Å². The predicted octanol–water partition coefficient (Wildman–Crippen LogP) is 3.92. The van der Waals surface area contributed by atoms with Gasteiger partial charge in [-0.2, -0.15) is 0 Å². The van der Waals surface area contributed by atoms with E-state index in [1.807, 2.05) is 12.1 Å². The lowest BCUT2D eigenvalue weighted by molar-refractivity contribution is -0.118. The van der Waals surface area contributed by atoms with Crippen molar-refractivity contribution in [3.05, 3.63) is 47.6 Å². The Balaban J connectivity index is 1.48. The lowest BCUT2D eigenvalue weighted by atomic mass is 10.2. The third kappa shape index (κ3) is 6.91. The number of carbonyl (C=O) groups is 1. The van der Waals surface area contributed by atoms with Crippen LogP contribution in [0.3, 0.4) is 0 Å². The van der Waals surface area contributed by atoms with Crippen LogP contribution in [0.5, 0.6) is 5.75 Å². The summed E-state index contributed by atoms with van der Waals surface area (Å²) in [6.45, 7) is 9.76. The predicted molar refractivity (Wildman–Crippen MR) is 118 cm³/mol. The first-order valence-electron chi connectivity index (χ1n) is 10.1. The summed E-state index contributed by atoms with van der Waals surface area (Å²) in [5, 5.41) is 3.45. The van der Waals surface area contributed by atoms with Gasteiger partial charge in [0.2, 0.25) is 0 Å². The van der Waals surface area contributed by atoms with Gasteiger partial charge in [-0.05, 0) is 55.3 Å². The molecule has 1 N–H and O–H groups in total. The summed E-state index contributed by atoms with van der Waals surface area (Å²) in [6, 6.07) is 10.8. The summed E-state index contributed by atoms with van der Waals surface area (Å²) in [5.41, 5.74) is 0.662. The molecule has 0 bridgehead atoms. The molecule has 0 saturated carbocycles. The first-order valence-corrected chi connectivity index (χ1v) is 10.5. The quantitative estimate of drug-likeness (QED) is 0.741. The Bertz CT molecular complexity index is 780. The van der Waals surface area contributed by atoms with E-state index < -0.39 is 0 Å². The zero-order valence-corrected chi connectivity index (χ0v) is 17.9. The molecule has 2 heterocycles. The van der Waals surface area contributed by atoms with E-state index in [9.17, 15) is 4.79 Å². The highest BCUT2D eigenvalue weighted by Crippen LogP contribution is 2.18. The van der Waals surface area contributed by atoms with E-state index in [0.717, 1.165) is 45.0 Å². The number of hydrogen-bond acceptors (Lipinski definition) is 5. The molecular formula is C22H29ClN4O2. The van der Waals surface area contributed by atoms with Crippen LogP contribution < -0.4 is 15.0 Å². The summed E-state index contributed by atoms with van der Waals surface area (Å²) >= 11 is 5.84. The number of aromatic nitrogens is 1. The van der Waals surface area contributed by atoms with Crippen molar-refractivity contribution in [2.45, 2.75) is 20.3 Å². The Morgan fingerprint density at radius 1 is 1.14 bits per heavy atom. The molecule has 1 aromatic carbocycles. The van der Waals surface area contributed by atoms with Crippen LogP contribution >= 0.6 is 11.6 Å². The summed E-state index contributed by atoms with van der Waals surface area (Å²) in [6.07, 6.45) is 2.83. The molecule has 0 aliphatic carbocycles. The summed E-state index contributed by atoms with van der Waals surface area (Å²) in [5.74, 6) is 2.01. The second-order valence-corrected chi connectivity index (χ2v) is 8.17. The molecule has 3 rings (SSSR count). The SMILES string of the molecule is CC(C)CN1CCCN(c2ccc(NC(=O)COc3ccc(Cl)cc3)cn2)CC1. The van der Waals surface area contributed by atoms with Crippen LogP contribution in [-0.4, -0.2) is 55.1 Å². The largest absolute Gasteiger partial charge is 0.484 e. The number of nitrogens with one attached hydrogen (secondary N) is 1. The Morgan fingerprint density at radius 2 is 1.93 bits per heavy atom. The van der Waals surface area contributed by atoms with Gasteiger partial charge < -0.3 is 19.9 Å². The Morgan fingerprint density at radius 3 is 2.62 bits per heavy atom. The molecule has 6 nitrogen and oxygen atoms in total. The molecular weight excluding hydrogens is 388 g/mol. The number of benzene rings is 1. The van der Waals surface area contributed by atoms with Gasteiger partial charge in [-0.25, -0.2) is 4.98 Å². The third-order valence-corrected chi connectivity index (χ3v) is 5.00. The van der Waals surface area contributed by atoms with Crippen LogP contribution in [0, 0.1) is 5.92 Å². The Labute approximate surface area is 177 Å². The second kappa shape index (κ2) is 10.5. The average Bonchev–Trinajstić information content (AvgIpc) is 2.93. The van der Waals surface area contributed by atoms with Crippen molar-refractivity contribution in [2.24, 2.45) is 5.92 Å². The molecule has 0 unspecified atom stereocenters. The van der Waals surface area contributed by atoms with Crippen LogP contribution in [0.25, 0.3) is 0 Å².